The van der Waals surface area contributed by atoms with Crippen LogP contribution in [-0.4, -0.2) is 63.7 Å². The average Bonchev–Trinajstić information content (AvgIpc) is 3.23. The van der Waals surface area contributed by atoms with Crippen LogP contribution in [0.3, 0.4) is 0 Å². The Hall–Kier alpha value is -4.61. The van der Waals surface area contributed by atoms with Gasteiger partial charge in [0.05, 0.1) is 0 Å². The van der Waals surface area contributed by atoms with Gasteiger partial charge in [-0.3, -0.25) is 14.4 Å². The molecule has 0 aromatic heterocycles. The number of benzene rings is 2. The van der Waals surface area contributed by atoms with E-state index in [2.05, 4.69) is 10.6 Å². The van der Waals surface area contributed by atoms with Crippen LogP contribution in [-0.2, 0) is 41.6 Å². The van der Waals surface area contributed by atoms with Crippen LogP contribution in [0.2, 0.25) is 0 Å². The maximum atomic E-state index is 13.8. The van der Waals surface area contributed by atoms with Crippen molar-refractivity contribution in [2.45, 2.75) is 117 Å². The first kappa shape index (κ1) is 36.9. The molecule has 2 aromatic rings. The zero-order chi connectivity index (χ0) is 35.2. The van der Waals surface area contributed by atoms with Crippen molar-refractivity contribution in [1.82, 2.24) is 15.7 Å². The molecule has 2 N–H and O–H groups in total. The van der Waals surface area contributed by atoms with E-state index in [4.69, 9.17) is 19.0 Å². The molecule has 12 heteroatoms. The van der Waals surface area contributed by atoms with Crippen LogP contribution in [0.25, 0.3) is 0 Å². The molecular formula is C35H47N3O9. The minimum absolute atomic E-state index is 0.0462. The van der Waals surface area contributed by atoms with Gasteiger partial charge in [0, 0.05) is 25.7 Å². The molecule has 0 aliphatic carbocycles. The number of hydrogen-bond acceptors (Lipinski definition) is 9. The first-order valence-electron chi connectivity index (χ1n) is 15.6. The van der Waals surface area contributed by atoms with Crippen molar-refractivity contribution in [2.75, 3.05) is 0 Å². The largest absolute Gasteiger partial charge is 0.488 e. The molecule has 1 fully saturated rings. The van der Waals surface area contributed by atoms with E-state index in [0.717, 1.165) is 0 Å². The second-order valence-corrected chi connectivity index (χ2v) is 14.4. The summed E-state index contributed by atoms with van der Waals surface area (Å²) in [5.41, 5.74) is -0.327. The molecule has 0 bridgehead atoms. The molecule has 1 aliphatic heterocycles. The summed E-state index contributed by atoms with van der Waals surface area (Å²) in [6, 6.07) is 11.5. The minimum atomic E-state index is -1.33. The number of rotatable bonds is 11. The maximum absolute atomic E-state index is 13.8. The first-order valence-corrected chi connectivity index (χ1v) is 15.6. The summed E-state index contributed by atoms with van der Waals surface area (Å²) in [6.45, 7) is 16.6. The molecule has 256 valence electrons. The van der Waals surface area contributed by atoms with Crippen LogP contribution in [0.15, 0.2) is 48.5 Å². The Morgan fingerprint density at radius 3 is 1.49 bits per heavy atom. The fraction of sp³-hybridized carbons (Fsp3) is 0.514. The highest BCUT2D eigenvalue weighted by Gasteiger charge is 2.36. The monoisotopic (exact) mass is 653 g/mol. The van der Waals surface area contributed by atoms with E-state index in [0.29, 0.717) is 27.7 Å². The lowest BCUT2D eigenvalue weighted by molar-refractivity contribution is -0.199. The van der Waals surface area contributed by atoms with E-state index < -0.39 is 58.7 Å². The zero-order valence-corrected chi connectivity index (χ0v) is 28.7. The van der Waals surface area contributed by atoms with Gasteiger partial charge >= 0.3 is 12.1 Å². The standard InChI is InChI=1S/C35H47N3O9/c1-33(2,3)44-24-14-10-22(11-15-24)20-26(37-32(43)46-35(7,8)9)30(41)36-27(31(42)47-38-28(39)18-19-29(38)40)21-23-12-16-25(17-13-23)45-34(4,5)6/h10-17,26-27H,18-21H2,1-9H3,(H,36,41)(H,37,43)/t26-,27-/m0/s1. The van der Waals surface area contributed by atoms with Crippen LogP contribution in [0.5, 0.6) is 11.5 Å². The summed E-state index contributed by atoms with van der Waals surface area (Å²) in [5.74, 6) is -1.79. The maximum Gasteiger partial charge on any atom is 0.408 e. The molecule has 0 saturated carbocycles. The summed E-state index contributed by atoms with van der Waals surface area (Å²) in [7, 11) is 0. The van der Waals surface area contributed by atoms with Crippen molar-refractivity contribution < 1.29 is 43.0 Å². The van der Waals surface area contributed by atoms with E-state index in [9.17, 15) is 24.0 Å². The number of imide groups is 1. The lowest BCUT2D eigenvalue weighted by Gasteiger charge is -2.26. The summed E-state index contributed by atoms with van der Waals surface area (Å²) < 4.78 is 17.2. The van der Waals surface area contributed by atoms with Gasteiger partial charge in [0.15, 0.2) is 0 Å². The van der Waals surface area contributed by atoms with Crippen LogP contribution < -0.4 is 20.1 Å². The topological polar surface area (TPSA) is 150 Å². The summed E-state index contributed by atoms with van der Waals surface area (Å²) >= 11 is 0. The van der Waals surface area contributed by atoms with Crippen LogP contribution >= 0.6 is 0 Å². The van der Waals surface area contributed by atoms with Gasteiger partial charge in [-0.1, -0.05) is 24.3 Å². The van der Waals surface area contributed by atoms with Gasteiger partial charge in [0.1, 0.15) is 40.4 Å². The third-order valence-electron chi connectivity index (χ3n) is 6.37. The number of hydroxylamine groups is 2. The van der Waals surface area contributed by atoms with Crippen molar-refractivity contribution in [3.8, 4) is 11.5 Å². The van der Waals surface area contributed by atoms with Crippen molar-refractivity contribution in [3.63, 3.8) is 0 Å². The van der Waals surface area contributed by atoms with Gasteiger partial charge < -0.3 is 29.7 Å². The molecule has 12 nitrogen and oxygen atoms in total. The minimum Gasteiger partial charge on any atom is -0.488 e. The van der Waals surface area contributed by atoms with Gasteiger partial charge in [-0.05, 0) is 97.7 Å². The molecule has 2 atom stereocenters. The van der Waals surface area contributed by atoms with Crippen molar-refractivity contribution in [1.29, 1.82) is 0 Å². The van der Waals surface area contributed by atoms with Crippen LogP contribution in [0, 0.1) is 0 Å². The highest BCUT2D eigenvalue weighted by molar-refractivity contribution is 6.02. The Labute approximate surface area is 276 Å². The smallest absolute Gasteiger partial charge is 0.408 e. The molecule has 47 heavy (non-hydrogen) atoms. The van der Waals surface area contributed by atoms with Crippen LogP contribution in [0.4, 0.5) is 4.79 Å². The molecule has 4 amide bonds. The lowest BCUT2D eigenvalue weighted by Crippen LogP contribution is -2.54. The number of nitrogens with zero attached hydrogens (tertiary/aromatic N) is 1. The Kier molecular flexibility index (Phi) is 11.7. The Bertz CT molecular complexity index is 1420. The van der Waals surface area contributed by atoms with E-state index in [-0.39, 0.29) is 25.7 Å². The second-order valence-electron chi connectivity index (χ2n) is 14.4. The third-order valence-corrected chi connectivity index (χ3v) is 6.37. The zero-order valence-electron chi connectivity index (χ0n) is 28.7. The predicted molar refractivity (Wildman–Crippen MR) is 173 cm³/mol. The SMILES string of the molecule is CC(C)(C)OC(=O)N[C@@H](Cc1ccc(OC(C)(C)C)cc1)C(=O)N[C@@H](Cc1ccc(OC(C)(C)C)cc1)C(=O)ON1C(=O)CCC1=O. The Morgan fingerprint density at radius 2 is 1.09 bits per heavy atom. The molecule has 0 unspecified atom stereocenters. The fourth-order valence-corrected chi connectivity index (χ4v) is 4.50. The van der Waals surface area contributed by atoms with E-state index in [1.165, 1.54) is 0 Å². The van der Waals surface area contributed by atoms with Gasteiger partial charge in [0.2, 0.25) is 5.91 Å². The number of ether oxygens (including phenoxy) is 3. The quantitative estimate of drug-likeness (QED) is 0.326. The highest BCUT2D eigenvalue weighted by Crippen LogP contribution is 2.22. The van der Waals surface area contributed by atoms with Crippen molar-refractivity contribution >= 4 is 29.8 Å². The van der Waals surface area contributed by atoms with Gasteiger partial charge in [-0.15, -0.1) is 5.06 Å². The summed E-state index contributed by atoms with van der Waals surface area (Å²) in [5, 5.41) is 5.70. The highest BCUT2D eigenvalue weighted by atomic mass is 16.7. The number of carbonyl (C=O) groups is 5. The van der Waals surface area contributed by atoms with E-state index in [1.807, 2.05) is 41.5 Å². The fourth-order valence-electron chi connectivity index (χ4n) is 4.50. The molecule has 1 saturated heterocycles. The molecule has 2 aromatic carbocycles. The molecule has 1 aliphatic rings. The Morgan fingerprint density at radius 1 is 0.660 bits per heavy atom. The van der Waals surface area contributed by atoms with E-state index in [1.54, 1.807) is 69.3 Å². The number of carbonyl (C=O) groups excluding carboxylic acids is 5. The number of nitrogens with one attached hydrogen (secondary N) is 2. The number of hydrogen-bond donors (Lipinski definition) is 2. The molecule has 3 rings (SSSR count). The van der Waals surface area contributed by atoms with Crippen molar-refractivity contribution in [2.24, 2.45) is 0 Å². The Balaban J connectivity index is 1.87. The van der Waals surface area contributed by atoms with E-state index >= 15 is 0 Å². The van der Waals surface area contributed by atoms with Crippen LogP contribution in [0.1, 0.15) is 86.3 Å². The normalized spacial score (nSPS) is 15.0. The average molecular weight is 654 g/mol. The first-order chi connectivity index (χ1) is 21.7. The third kappa shape index (κ3) is 12.6. The van der Waals surface area contributed by atoms with Gasteiger partial charge in [0.25, 0.3) is 11.8 Å². The number of alkyl carbamates (subject to hydrolysis) is 1. The molecule has 0 spiro atoms. The number of amides is 4. The molecule has 0 radical (unpaired) electrons. The molecule has 1 heterocycles. The lowest BCUT2D eigenvalue weighted by atomic mass is 10.0. The summed E-state index contributed by atoms with van der Waals surface area (Å²) in [6.07, 6.45) is -0.995. The van der Waals surface area contributed by atoms with Gasteiger partial charge in [-0.2, -0.15) is 0 Å². The molecular weight excluding hydrogens is 606 g/mol. The second kappa shape index (κ2) is 14.9. The van der Waals surface area contributed by atoms with Crippen molar-refractivity contribution in [3.05, 3.63) is 59.7 Å². The predicted octanol–water partition coefficient (Wildman–Crippen LogP) is 4.81. The van der Waals surface area contributed by atoms with Gasteiger partial charge in [-0.25, -0.2) is 9.59 Å². The summed E-state index contributed by atoms with van der Waals surface area (Å²) in [4.78, 5) is 69.5.